The number of hydrogen-bond acceptors (Lipinski definition) is 2. The van der Waals surface area contributed by atoms with Gasteiger partial charge in [-0.1, -0.05) is 36.1 Å². The molecule has 3 nitrogen and oxygen atoms in total. The molecule has 4 rings (SSSR count). The number of benzene rings is 3. The van der Waals surface area contributed by atoms with E-state index >= 15 is 0 Å². The molecule has 0 bridgehead atoms. The minimum atomic E-state index is -4.37. The molecule has 32 heavy (non-hydrogen) atoms. The van der Waals surface area contributed by atoms with Gasteiger partial charge in [0.05, 0.1) is 5.56 Å². The van der Waals surface area contributed by atoms with Crippen LogP contribution in [0.15, 0.2) is 78.9 Å². The Balaban J connectivity index is 1.37. The topological polar surface area (TPSA) is 23.6 Å². The number of anilines is 1. The number of halogens is 3. The molecular weight excluding hydrogens is 413 g/mol. The highest BCUT2D eigenvalue weighted by Crippen LogP contribution is 2.32. The molecule has 1 aliphatic rings. The van der Waals surface area contributed by atoms with Crippen molar-refractivity contribution < 1.29 is 18.0 Å². The summed E-state index contributed by atoms with van der Waals surface area (Å²) in [5.74, 6) is 6.08. The van der Waals surface area contributed by atoms with Gasteiger partial charge in [-0.2, -0.15) is 13.2 Å². The van der Waals surface area contributed by atoms with E-state index in [9.17, 15) is 18.0 Å². The molecule has 0 radical (unpaired) electrons. The minimum Gasteiger partial charge on any atom is -0.368 e. The highest BCUT2D eigenvalue weighted by atomic mass is 19.4. The number of piperazine rings is 1. The van der Waals surface area contributed by atoms with E-state index in [4.69, 9.17) is 0 Å². The molecule has 1 saturated heterocycles. The minimum absolute atomic E-state index is 0.0868. The summed E-state index contributed by atoms with van der Waals surface area (Å²) in [6.45, 7) is 1.86. The number of hydrogen-bond donors (Lipinski definition) is 0. The van der Waals surface area contributed by atoms with Crippen molar-refractivity contribution in [2.75, 3.05) is 31.1 Å². The van der Waals surface area contributed by atoms with Gasteiger partial charge in [-0.15, -0.1) is 0 Å². The van der Waals surface area contributed by atoms with E-state index in [-0.39, 0.29) is 5.91 Å². The number of alkyl halides is 3. The Hall–Kier alpha value is -3.72. The molecule has 0 saturated carbocycles. The molecule has 0 spiro atoms. The van der Waals surface area contributed by atoms with E-state index in [0.29, 0.717) is 37.4 Å². The van der Waals surface area contributed by atoms with Crippen LogP contribution in [0, 0.1) is 11.8 Å². The summed E-state index contributed by atoms with van der Waals surface area (Å²) in [6, 6.07) is 22.1. The molecular formula is C26H21F3N2O. The first-order valence-electron chi connectivity index (χ1n) is 10.3. The third-order valence-corrected chi connectivity index (χ3v) is 5.36. The Morgan fingerprint density at radius 3 is 2.00 bits per heavy atom. The molecule has 3 aromatic carbocycles. The molecule has 6 heteroatoms. The van der Waals surface area contributed by atoms with Crippen LogP contribution < -0.4 is 4.90 Å². The predicted octanol–water partition coefficient (Wildman–Crippen LogP) is 5.07. The highest BCUT2D eigenvalue weighted by molar-refractivity contribution is 5.94. The van der Waals surface area contributed by atoms with Crippen LogP contribution in [0.4, 0.5) is 18.9 Å². The molecule has 3 aromatic rings. The second-order valence-corrected chi connectivity index (χ2v) is 7.52. The number of carbonyl (C=O) groups excluding carboxylic acids is 1. The first-order valence-corrected chi connectivity index (χ1v) is 10.3. The van der Waals surface area contributed by atoms with Crippen molar-refractivity contribution >= 4 is 11.6 Å². The molecule has 1 heterocycles. The summed E-state index contributed by atoms with van der Waals surface area (Å²) in [5.41, 5.74) is 2.17. The van der Waals surface area contributed by atoms with Crippen LogP contribution in [-0.2, 0) is 6.18 Å². The standard InChI is InChI=1S/C26H21F3N2O/c27-26(28,29)23-7-4-8-24(19-23)30-15-17-31(18-16-30)25(32)22-13-11-21(12-14-22)10-9-20-5-2-1-3-6-20/h1-8,11-14,19H,15-18H2. The maximum Gasteiger partial charge on any atom is 0.416 e. The Bertz CT molecular complexity index is 1140. The fourth-order valence-corrected chi connectivity index (χ4v) is 3.59. The molecule has 0 N–H and O–H groups in total. The van der Waals surface area contributed by atoms with Crippen LogP contribution in [0.1, 0.15) is 27.0 Å². The average molecular weight is 434 g/mol. The predicted molar refractivity (Wildman–Crippen MR) is 118 cm³/mol. The second-order valence-electron chi connectivity index (χ2n) is 7.52. The summed E-state index contributed by atoms with van der Waals surface area (Å²) >= 11 is 0. The number of rotatable bonds is 2. The molecule has 0 aromatic heterocycles. The zero-order valence-corrected chi connectivity index (χ0v) is 17.3. The van der Waals surface area contributed by atoms with Gasteiger partial charge in [0.1, 0.15) is 0 Å². The van der Waals surface area contributed by atoms with Crippen molar-refractivity contribution in [2.45, 2.75) is 6.18 Å². The van der Waals surface area contributed by atoms with Crippen LogP contribution in [0.3, 0.4) is 0 Å². The summed E-state index contributed by atoms with van der Waals surface area (Å²) < 4.78 is 38.9. The van der Waals surface area contributed by atoms with E-state index in [1.54, 1.807) is 23.1 Å². The van der Waals surface area contributed by atoms with Gasteiger partial charge < -0.3 is 9.80 Å². The van der Waals surface area contributed by atoms with Crippen molar-refractivity contribution in [1.29, 1.82) is 0 Å². The smallest absolute Gasteiger partial charge is 0.368 e. The Morgan fingerprint density at radius 1 is 0.750 bits per heavy atom. The molecule has 1 aliphatic heterocycles. The van der Waals surface area contributed by atoms with Gasteiger partial charge in [0.15, 0.2) is 0 Å². The number of carbonyl (C=O) groups is 1. The van der Waals surface area contributed by atoms with E-state index in [0.717, 1.165) is 23.3 Å². The first-order chi connectivity index (χ1) is 15.4. The lowest BCUT2D eigenvalue weighted by Gasteiger charge is -2.36. The van der Waals surface area contributed by atoms with Gasteiger partial charge >= 0.3 is 6.18 Å². The van der Waals surface area contributed by atoms with E-state index < -0.39 is 11.7 Å². The Labute approximate surface area is 185 Å². The Morgan fingerprint density at radius 2 is 1.38 bits per heavy atom. The van der Waals surface area contributed by atoms with Crippen molar-refractivity contribution in [3.05, 3.63) is 101 Å². The summed E-state index contributed by atoms with van der Waals surface area (Å²) in [4.78, 5) is 16.4. The summed E-state index contributed by atoms with van der Waals surface area (Å²) in [6.07, 6.45) is -4.37. The lowest BCUT2D eigenvalue weighted by Crippen LogP contribution is -2.48. The quantitative estimate of drug-likeness (QED) is 0.526. The van der Waals surface area contributed by atoms with Gasteiger partial charge in [0, 0.05) is 48.6 Å². The Kier molecular flexibility index (Phi) is 6.18. The normalized spacial score (nSPS) is 14.0. The van der Waals surface area contributed by atoms with Crippen LogP contribution in [-0.4, -0.2) is 37.0 Å². The SMILES string of the molecule is O=C(c1ccc(C#Cc2ccccc2)cc1)N1CCN(c2cccc(C(F)(F)F)c2)CC1. The maximum atomic E-state index is 13.0. The van der Waals surface area contributed by atoms with Gasteiger partial charge in [-0.05, 0) is 54.6 Å². The third-order valence-electron chi connectivity index (χ3n) is 5.36. The van der Waals surface area contributed by atoms with E-state index in [1.807, 2.05) is 47.4 Å². The fourth-order valence-electron chi connectivity index (χ4n) is 3.59. The van der Waals surface area contributed by atoms with Crippen molar-refractivity contribution in [1.82, 2.24) is 4.90 Å². The van der Waals surface area contributed by atoms with Crippen molar-refractivity contribution in [3.63, 3.8) is 0 Å². The maximum absolute atomic E-state index is 13.0. The van der Waals surface area contributed by atoms with Crippen LogP contribution in [0.2, 0.25) is 0 Å². The summed E-state index contributed by atoms with van der Waals surface area (Å²) in [5, 5.41) is 0. The molecule has 1 amide bonds. The molecule has 162 valence electrons. The van der Waals surface area contributed by atoms with Crippen LogP contribution >= 0.6 is 0 Å². The highest BCUT2D eigenvalue weighted by Gasteiger charge is 2.31. The molecule has 0 aliphatic carbocycles. The molecule has 1 fully saturated rings. The zero-order valence-electron chi connectivity index (χ0n) is 17.3. The van der Waals surface area contributed by atoms with Crippen LogP contribution in [0.5, 0.6) is 0 Å². The molecule has 0 unspecified atom stereocenters. The van der Waals surface area contributed by atoms with Crippen molar-refractivity contribution in [2.24, 2.45) is 0 Å². The second kappa shape index (κ2) is 9.19. The lowest BCUT2D eigenvalue weighted by atomic mass is 10.1. The van der Waals surface area contributed by atoms with E-state index in [1.165, 1.54) is 6.07 Å². The van der Waals surface area contributed by atoms with Gasteiger partial charge in [0.2, 0.25) is 0 Å². The van der Waals surface area contributed by atoms with E-state index in [2.05, 4.69) is 11.8 Å². The number of nitrogens with zero attached hydrogens (tertiary/aromatic N) is 2. The van der Waals surface area contributed by atoms with Crippen LogP contribution in [0.25, 0.3) is 0 Å². The monoisotopic (exact) mass is 434 g/mol. The fraction of sp³-hybridized carbons (Fsp3) is 0.192. The zero-order chi connectivity index (χ0) is 22.6. The third kappa shape index (κ3) is 5.12. The average Bonchev–Trinajstić information content (AvgIpc) is 2.83. The molecule has 0 atom stereocenters. The number of amides is 1. The van der Waals surface area contributed by atoms with Gasteiger partial charge in [-0.25, -0.2) is 0 Å². The van der Waals surface area contributed by atoms with Gasteiger partial charge in [-0.3, -0.25) is 4.79 Å². The first kappa shape index (κ1) is 21.5. The largest absolute Gasteiger partial charge is 0.416 e. The summed E-state index contributed by atoms with van der Waals surface area (Å²) in [7, 11) is 0. The van der Waals surface area contributed by atoms with Crippen molar-refractivity contribution in [3.8, 4) is 11.8 Å². The lowest BCUT2D eigenvalue weighted by molar-refractivity contribution is -0.137. The van der Waals surface area contributed by atoms with Gasteiger partial charge in [0.25, 0.3) is 5.91 Å².